The van der Waals surface area contributed by atoms with Crippen molar-refractivity contribution in [3.05, 3.63) is 48.6 Å². The van der Waals surface area contributed by atoms with Crippen LogP contribution < -0.4 is 10.6 Å². The Morgan fingerprint density at radius 1 is 0.585 bits per heavy atom. The topological polar surface area (TPSA) is 142 Å². The van der Waals surface area contributed by atoms with Gasteiger partial charge in [-0.1, -0.05) is 140 Å². The standard InChI is InChI=1S/C44H76N2O7/c1-3-5-7-9-10-11-12-13-14-15-16-17-18-19-20-21-22-23-24-25-26-27-32-36-43(50)53-39(33-29-8-6-4-2)34-30-28-31-35-41(48)45-37-42(49)46-40(38-47)44(51)52/h5,7,10-11,13-14,16-17,39-40,47H,3-4,6,8-9,12,15,18-38H2,1-2H3,(H,45,48)(H,46,49)(H,51,52)/b7-5-,11-10-,14-13-,17-16-. The fraction of sp³-hybridized carbons (Fsp3) is 0.727. The fourth-order valence-corrected chi connectivity index (χ4v) is 5.88. The van der Waals surface area contributed by atoms with E-state index in [1.165, 1.54) is 64.2 Å². The van der Waals surface area contributed by atoms with Crippen LogP contribution in [0, 0.1) is 0 Å². The van der Waals surface area contributed by atoms with Gasteiger partial charge < -0.3 is 25.6 Å². The minimum Gasteiger partial charge on any atom is -0.480 e. The molecule has 0 aromatic rings. The second-order valence-electron chi connectivity index (χ2n) is 14.1. The highest BCUT2D eigenvalue weighted by molar-refractivity contribution is 5.87. The Labute approximate surface area is 322 Å². The van der Waals surface area contributed by atoms with E-state index in [9.17, 15) is 19.2 Å². The molecule has 9 nitrogen and oxygen atoms in total. The molecule has 0 aliphatic rings. The van der Waals surface area contributed by atoms with Gasteiger partial charge in [0.05, 0.1) is 13.2 Å². The van der Waals surface area contributed by atoms with Crippen LogP contribution in [0.5, 0.6) is 0 Å². The molecule has 0 fully saturated rings. The molecule has 0 spiro atoms. The van der Waals surface area contributed by atoms with Gasteiger partial charge in [-0.25, -0.2) is 4.79 Å². The number of nitrogens with one attached hydrogen (secondary N) is 2. The number of allylic oxidation sites excluding steroid dienone is 8. The van der Waals surface area contributed by atoms with Gasteiger partial charge in [0.2, 0.25) is 11.8 Å². The summed E-state index contributed by atoms with van der Waals surface area (Å²) in [6, 6.07) is -1.39. The smallest absolute Gasteiger partial charge is 0.328 e. The van der Waals surface area contributed by atoms with Crippen molar-refractivity contribution in [3.8, 4) is 0 Å². The quantitative estimate of drug-likeness (QED) is 0.0282. The van der Waals surface area contributed by atoms with Crippen molar-refractivity contribution in [2.75, 3.05) is 13.2 Å². The summed E-state index contributed by atoms with van der Waals surface area (Å²) in [4.78, 5) is 47.4. The van der Waals surface area contributed by atoms with Gasteiger partial charge in [0, 0.05) is 12.8 Å². The van der Waals surface area contributed by atoms with Crippen molar-refractivity contribution in [2.45, 2.75) is 193 Å². The summed E-state index contributed by atoms with van der Waals surface area (Å²) in [5, 5.41) is 22.5. The third-order valence-electron chi connectivity index (χ3n) is 9.09. The zero-order valence-corrected chi connectivity index (χ0v) is 33.5. The Hall–Kier alpha value is -3.20. The van der Waals surface area contributed by atoms with E-state index in [4.69, 9.17) is 14.9 Å². The van der Waals surface area contributed by atoms with Crippen LogP contribution in [0.3, 0.4) is 0 Å². The minimum atomic E-state index is -1.39. The van der Waals surface area contributed by atoms with Crippen LogP contribution in [-0.2, 0) is 23.9 Å². The molecule has 0 aromatic heterocycles. The van der Waals surface area contributed by atoms with Crippen molar-refractivity contribution in [1.29, 1.82) is 0 Å². The molecule has 0 saturated heterocycles. The Kier molecular flexibility index (Phi) is 36.2. The van der Waals surface area contributed by atoms with E-state index in [1.54, 1.807) is 0 Å². The van der Waals surface area contributed by atoms with Crippen molar-refractivity contribution in [1.82, 2.24) is 10.6 Å². The average molecular weight is 745 g/mol. The highest BCUT2D eigenvalue weighted by Gasteiger charge is 2.19. The molecule has 0 heterocycles. The van der Waals surface area contributed by atoms with E-state index < -0.39 is 24.5 Å². The molecule has 2 atom stereocenters. The molecule has 53 heavy (non-hydrogen) atoms. The summed E-state index contributed by atoms with van der Waals surface area (Å²) in [6.07, 6.45) is 44.6. The van der Waals surface area contributed by atoms with Gasteiger partial charge in [-0.05, 0) is 77.0 Å². The molecular formula is C44H76N2O7. The average Bonchev–Trinajstić information content (AvgIpc) is 3.14. The Morgan fingerprint density at radius 2 is 1.08 bits per heavy atom. The molecule has 0 radical (unpaired) electrons. The van der Waals surface area contributed by atoms with E-state index in [0.29, 0.717) is 12.8 Å². The maximum absolute atomic E-state index is 12.6. The van der Waals surface area contributed by atoms with E-state index in [-0.39, 0.29) is 30.9 Å². The van der Waals surface area contributed by atoms with Gasteiger partial charge in [0.1, 0.15) is 12.1 Å². The Bertz CT molecular complexity index is 1040. The lowest BCUT2D eigenvalue weighted by Crippen LogP contribution is -2.47. The Morgan fingerprint density at radius 3 is 1.62 bits per heavy atom. The first kappa shape index (κ1) is 49.8. The molecule has 304 valence electrons. The van der Waals surface area contributed by atoms with Crippen molar-refractivity contribution < 1.29 is 34.1 Å². The first-order valence-electron chi connectivity index (χ1n) is 21.0. The second kappa shape index (κ2) is 38.5. The number of unbranched alkanes of at least 4 members (excludes halogenated alkanes) is 15. The van der Waals surface area contributed by atoms with Crippen LogP contribution in [0.15, 0.2) is 48.6 Å². The molecule has 0 aromatic carbocycles. The van der Waals surface area contributed by atoms with Gasteiger partial charge in [0.15, 0.2) is 0 Å². The Balaban J connectivity index is 3.94. The minimum absolute atomic E-state index is 0.0838. The third kappa shape index (κ3) is 35.6. The number of ether oxygens (including phenoxy) is 1. The number of aliphatic hydroxyl groups is 1. The molecule has 2 unspecified atom stereocenters. The molecule has 4 N–H and O–H groups in total. The molecule has 0 bridgehead atoms. The van der Waals surface area contributed by atoms with Gasteiger partial charge in [-0.3, -0.25) is 14.4 Å². The fourth-order valence-electron chi connectivity index (χ4n) is 5.88. The number of hydrogen-bond acceptors (Lipinski definition) is 6. The van der Waals surface area contributed by atoms with Gasteiger partial charge in [0.25, 0.3) is 0 Å². The van der Waals surface area contributed by atoms with Crippen molar-refractivity contribution in [2.24, 2.45) is 0 Å². The van der Waals surface area contributed by atoms with Crippen molar-refractivity contribution >= 4 is 23.8 Å². The molecule has 0 rings (SSSR count). The SMILES string of the molecule is CC/C=C\C/C=C\C/C=C\C/C=C\CCCCCCCCCCCCC(=O)OC(CCCCCC)CCCCCC(=O)NCC(=O)NC(CO)C(=O)O. The maximum atomic E-state index is 12.6. The summed E-state index contributed by atoms with van der Waals surface area (Å²) in [5.41, 5.74) is 0. The monoisotopic (exact) mass is 745 g/mol. The van der Waals surface area contributed by atoms with E-state index >= 15 is 0 Å². The first-order valence-corrected chi connectivity index (χ1v) is 21.0. The van der Waals surface area contributed by atoms with Crippen LogP contribution in [-0.4, -0.2) is 59.3 Å². The zero-order valence-electron chi connectivity index (χ0n) is 33.5. The summed E-state index contributed by atoms with van der Waals surface area (Å²) in [5.74, 6) is -2.39. The van der Waals surface area contributed by atoms with Crippen LogP contribution in [0.25, 0.3) is 0 Å². The lowest BCUT2D eigenvalue weighted by atomic mass is 10.0. The second-order valence-corrected chi connectivity index (χ2v) is 14.1. The van der Waals surface area contributed by atoms with E-state index in [0.717, 1.165) is 83.5 Å². The molecule has 2 amide bonds. The summed E-state index contributed by atoms with van der Waals surface area (Å²) in [6.45, 7) is 3.27. The predicted molar refractivity (Wildman–Crippen MR) is 217 cm³/mol. The molecule has 0 aliphatic heterocycles. The van der Waals surface area contributed by atoms with Crippen LogP contribution in [0.1, 0.15) is 181 Å². The zero-order chi connectivity index (χ0) is 39.0. The van der Waals surface area contributed by atoms with Gasteiger partial charge in [-0.2, -0.15) is 0 Å². The van der Waals surface area contributed by atoms with Crippen LogP contribution in [0.4, 0.5) is 0 Å². The number of esters is 1. The largest absolute Gasteiger partial charge is 0.480 e. The number of aliphatic hydroxyl groups excluding tert-OH is 1. The molecular weight excluding hydrogens is 668 g/mol. The number of amides is 2. The first-order chi connectivity index (χ1) is 25.8. The molecule has 0 aliphatic carbocycles. The molecule has 0 saturated carbocycles. The lowest BCUT2D eigenvalue weighted by Gasteiger charge is -2.18. The number of aliphatic carboxylic acids is 1. The number of carboxylic acid groups (broad SMARTS) is 1. The highest BCUT2D eigenvalue weighted by Crippen LogP contribution is 2.18. The molecule has 9 heteroatoms. The van der Waals surface area contributed by atoms with Crippen molar-refractivity contribution in [3.63, 3.8) is 0 Å². The van der Waals surface area contributed by atoms with E-state index in [1.807, 2.05) is 0 Å². The van der Waals surface area contributed by atoms with Crippen LogP contribution >= 0.6 is 0 Å². The third-order valence-corrected chi connectivity index (χ3v) is 9.09. The number of carbonyl (C=O) groups excluding carboxylic acids is 3. The summed E-state index contributed by atoms with van der Waals surface area (Å²) < 4.78 is 5.90. The predicted octanol–water partition coefficient (Wildman–Crippen LogP) is 9.98. The highest BCUT2D eigenvalue weighted by atomic mass is 16.5. The summed E-state index contributed by atoms with van der Waals surface area (Å²) in [7, 11) is 0. The number of hydrogen-bond donors (Lipinski definition) is 4. The number of carboxylic acids is 1. The van der Waals surface area contributed by atoms with Crippen LogP contribution in [0.2, 0.25) is 0 Å². The lowest BCUT2D eigenvalue weighted by molar-refractivity contribution is -0.150. The number of rotatable bonds is 37. The normalized spacial score (nSPS) is 13.0. The maximum Gasteiger partial charge on any atom is 0.328 e. The summed E-state index contributed by atoms with van der Waals surface area (Å²) >= 11 is 0. The number of carbonyl (C=O) groups is 4. The van der Waals surface area contributed by atoms with E-state index in [2.05, 4.69) is 73.1 Å². The van der Waals surface area contributed by atoms with Gasteiger partial charge >= 0.3 is 11.9 Å². The van der Waals surface area contributed by atoms with Gasteiger partial charge in [-0.15, -0.1) is 0 Å².